The Hall–Kier alpha value is -2.67. The van der Waals surface area contributed by atoms with E-state index in [1.165, 1.54) is 0 Å². The molecule has 1 aliphatic rings. The predicted molar refractivity (Wildman–Crippen MR) is 106 cm³/mol. The monoisotopic (exact) mass is 418 g/mol. The minimum Gasteiger partial charge on any atom is -0.496 e. The number of rotatable bonds is 5. The van der Waals surface area contributed by atoms with Crippen LogP contribution in [0.5, 0.6) is 17.2 Å². The second-order valence-corrected chi connectivity index (χ2v) is 6.79. The zero-order chi connectivity index (χ0) is 18.8. The van der Waals surface area contributed by atoms with E-state index >= 15 is 0 Å². The second-order valence-electron chi connectivity index (χ2n) is 5.94. The molecule has 0 aliphatic carbocycles. The van der Waals surface area contributed by atoms with Crippen LogP contribution >= 0.6 is 15.9 Å². The third kappa shape index (κ3) is 3.48. The van der Waals surface area contributed by atoms with Gasteiger partial charge >= 0.3 is 0 Å². The first kappa shape index (κ1) is 18.1. The summed E-state index contributed by atoms with van der Waals surface area (Å²) in [4.78, 5) is 14.7. The first-order valence-electron chi connectivity index (χ1n) is 7.87. The van der Waals surface area contributed by atoms with Crippen molar-refractivity contribution in [3.05, 3.63) is 45.9 Å². The van der Waals surface area contributed by atoms with Crippen molar-refractivity contribution in [2.24, 2.45) is 0 Å². The van der Waals surface area contributed by atoms with Crippen LogP contribution in [0, 0.1) is 0 Å². The van der Waals surface area contributed by atoms with E-state index in [1.807, 2.05) is 19.0 Å². The van der Waals surface area contributed by atoms with Crippen molar-refractivity contribution in [2.45, 2.75) is 0 Å². The van der Waals surface area contributed by atoms with E-state index in [0.29, 0.717) is 38.5 Å². The van der Waals surface area contributed by atoms with Crippen LogP contribution < -0.4 is 24.8 Å². The topological polar surface area (TPSA) is 74.0 Å². The molecule has 0 aromatic heterocycles. The van der Waals surface area contributed by atoms with E-state index in [1.54, 1.807) is 43.5 Å². The molecule has 0 unspecified atom stereocenters. The lowest BCUT2D eigenvalue weighted by molar-refractivity contribution is 0.104. The standard InChI is InChI=1S/C19H19BrN2O4/c1-22(2)15-7-11(4-5-14(15)21)19(23)13(20)6-12-8-17-18(26-10-25-17)9-16(12)24-3/h4-9H,10,21H2,1-3H3/b13-6+. The summed E-state index contributed by atoms with van der Waals surface area (Å²) in [6.07, 6.45) is 1.70. The third-order valence-corrected chi connectivity index (χ3v) is 4.59. The summed E-state index contributed by atoms with van der Waals surface area (Å²) in [5.74, 6) is 1.67. The summed E-state index contributed by atoms with van der Waals surface area (Å²) in [6, 6.07) is 8.72. The van der Waals surface area contributed by atoms with E-state index < -0.39 is 0 Å². The van der Waals surface area contributed by atoms with Gasteiger partial charge in [0.1, 0.15) is 5.75 Å². The molecule has 1 heterocycles. The molecule has 2 N–H and O–H groups in total. The molecule has 0 atom stereocenters. The van der Waals surface area contributed by atoms with E-state index in [2.05, 4.69) is 15.9 Å². The Labute approximate surface area is 160 Å². The summed E-state index contributed by atoms with van der Waals surface area (Å²) < 4.78 is 16.5. The number of halogens is 1. The van der Waals surface area contributed by atoms with Crippen LogP contribution in [0.4, 0.5) is 11.4 Å². The second kappa shape index (κ2) is 7.29. The highest BCUT2D eigenvalue weighted by Gasteiger charge is 2.19. The van der Waals surface area contributed by atoms with Crippen molar-refractivity contribution in [3.63, 3.8) is 0 Å². The molecule has 2 aromatic carbocycles. The highest BCUT2D eigenvalue weighted by molar-refractivity contribution is 9.12. The number of ether oxygens (including phenoxy) is 3. The predicted octanol–water partition coefficient (Wildman–Crippen LogP) is 3.69. The van der Waals surface area contributed by atoms with Crippen LogP contribution in [0.15, 0.2) is 34.8 Å². The average Bonchev–Trinajstić information content (AvgIpc) is 3.07. The molecular formula is C19H19BrN2O4. The van der Waals surface area contributed by atoms with Gasteiger partial charge in [0.2, 0.25) is 6.79 Å². The van der Waals surface area contributed by atoms with Crippen LogP contribution in [0.2, 0.25) is 0 Å². The molecule has 0 amide bonds. The van der Waals surface area contributed by atoms with Gasteiger partial charge in [0.05, 0.1) is 23.0 Å². The third-order valence-electron chi connectivity index (χ3n) is 4.00. The van der Waals surface area contributed by atoms with Crippen LogP contribution in [-0.4, -0.2) is 33.8 Å². The molecular weight excluding hydrogens is 400 g/mol. The number of Topliss-reactive ketones (excluding diaryl/α,β-unsaturated/α-hetero) is 1. The summed E-state index contributed by atoms with van der Waals surface area (Å²) in [5, 5.41) is 0. The van der Waals surface area contributed by atoms with Gasteiger partial charge < -0.3 is 24.8 Å². The molecule has 7 heteroatoms. The maximum Gasteiger partial charge on any atom is 0.231 e. The number of anilines is 2. The molecule has 1 aliphatic heterocycles. The Morgan fingerprint density at radius 1 is 1.23 bits per heavy atom. The van der Waals surface area contributed by atoms with E-state index in [0.717, 1.165) is 5.69 Å². The van der Waals surface area contributed by atoms with Crippen molar-refractivity contribution in [3.8, 4) is 17.2 Å². The zero-order valence-corrected chi connectivity index (χ0v) is 16.3. The van der Waals surface area contributed by atoms with Crippen LogP contribution in [-0.2, 0) is 0 Å². The average molecular weight is 419 g/mol. The molecule has 136 valence electrons. The number of ketones is 1. The number of benzene rings is 2. The number of fused-ring (bicyclic) bond motifs is 1. The summed E-state index contributed by atoms with van der Waals surface area (Å²) in [7, 11) is 5.32. The Bertz CT molecular complexity index is 893. The Kier molecular flexibility index (Phi) is 5.08. The maximum absolute atomic E-state index is 12.8. The lowest BCUT2D eigenvalue weighted by Gasteiger charge is -2.16. The summed E-state index contributed by atoms with van der Waals surface area (Å²) in [6.45, 7) is 0.171. The molecule has 0 fully saturated rings. The largest absolute Gasteiger partial charge is 0.496 e. The number of carbonyl (C=O) groups is 1. The maximum atomic E-state index is 12.8. The van der Waals surface area contributed by atoms with Crippen LogP contribution in [0.25, 0.3) is 6.08 Å². The first-order valence-corrected chi connectivity index (χ1v) is 8.66. The number of methoxy groups -OCH3 is 1. The number of hydrogen-bond donors (Lipinski definition) is 1. The van der Waals surface area contributed by atoms with Crippen molar-refractivity contribution in [1.29, 1.82) is 0 Å². The fourth-order valence-electron chi connectivity index (χ4n) is 2.64. The quantitative estimate of drug-likeness (QED) is 0.453. The fourth-order valence-corrected chi connectivity index (χ4v) is 3.12. The number of hydrogen-bond acceptors (Lipinski definition) is 6. The van der Waals surface area contributed by atoms with Gasteiger partial charge in [0.25, 0.3) is 0 Å². The number of nitrogen functional groups attached to an aromatic ring is 1. The fraction of sp³-hybridized carbons (Fsp3) is 0.211. The van der Waals surface area contributed by atoms with Crippen molar-refractivity contribution in [2.75, 3.05) is 38.6 Å². The molecule has 0 radical (unpaired) electrons. The van der Waals surface area contributed by atoms with Crippen molar-refractivity contribution < 1.29 is 19.0 Å². The Morgan fingerprint density at radius 2 is 1.92 bits per heavy atom. The highest BCUT2D eigenvalue weighted by atomic mass is 79.9. The number of nitrogens with zero attached hydrogens (tertiary/aromatic N) is 1. The number of nitrogens with two attached hydrogens (primary N) is 1. The van der Waals surface area contributed by atoms with E-state index in [-0.39, 0.29) is 12.6 Å². The molecule has 0 bridgehead atoms. The summed E-state index contributed by atoms with van der Waals surface area (Å²) in [5.41, 5.74) is 8.60. The van der Waals surface area contributed by atoms with Gasteiger partial charge in [-0.1, -0.05) is 0 Å². The molecule has 0 saturated carbocycles. The van der Waals surface area contributed by atoms with E-state index in [4.69, 9.17) is 19.9 Å². The minimum absolute atomic E-state index is 0.159. The van der Waals surface area contributed by atoms with Gasteiger partial charge in [-0.2, -0.15) is 0 Å². The van der Waals surface area contributed by atoms with Gasteiger partial charge in [0.15, 0.2) is 17.3 Å². The number of carbonyl (C=O) groups excluding carboxylic acids is 1. The van der Waals surface area contributed by atoms with Gasteiger partial charge in [-0.15, -0.1) is 0 Å². The van der Waals surface area contributed by atoms with Crippen molar-refractivity contribution in [1.82, 2.24) is 0 Å². The molecule has 26 heavy (non-hydrogen) atoms. The first-order chi connectivity index (χ1) is 12.4. The van der Waals surface area contributed by atoms with Crippen molar-refractivity contribution >= 4 is 39.2 Å². The molecule has 6 nitrogen and oxygen atoms in total. The molecule has 0 saturated heterocycles. The normalized spacial score (nSPS) is 12.8. The molecule has 0 spiro atoms. The Balaban J connectivity index is 1.95. The minimum atomic E-state index is -0.159. The lowest BCUT2D eigenvalue weighted by Crippen LogP contribution is -2.12. The number of allylic oxidation sites excluding steroid dienone is 1. The molecule has 2 aromatic rings. The summed E-state index contributed by atoms with van der Waals surface area (Å²) >= 11 is 3.38. The van der Waals surface area contributed by atoms with Gasteiger partial charge in [-0.25, -0.2) is 0 Å². The highest BCUT2D eigenvalue weighted by Crippen LogP contribution is 2.39. The SMILES string of the molecule is COc1cc2c(cc1/C=C(/Br)C(=O)c1ccc(N)c(N(C)C)c1)OCO2. The van der Waals surface area contributed by atoms with Crippen LogP contribution in [0.3, 0.4) is 0 Å². The smallest absolute Gasteiger partial charge is 0.231 e. The zero-order valence-electron chi connectivity index (χ0n) is 14.7. The van der Waals surface area contributed by atoms with E-state index in [9.17, 15) is 4.79 Å². The Morgan fingerprint density at radius 3 is 2.58 bits per heavy atom. The van der Waals surface area contributed by atoms with Gasteiger partial charge in [-0.3, -0.25) is 4.79 Å². The van der Waals surface area contributed by atoms with Gasteiger partial charge in [0, 0.05) is 31.3 Å². The van der Waals surface area contributed by atoms with Gasteiger partial charge in [-0.05, 0) is 46.3 Å². The van der Waals surface area contributed by atoms with Crippen LogP contribution in [0.1, 0.15) is 15.9 Å². The lowest BCUT2D eigenvalue weighted by atomic mass is 10.1. The molecule has 3 rings (SSSR count).